The highest BCUT2D eigenvalue weighted by atomic mass is 16.4. The Morgan fingerprint density at radius 3 is 2.76 bits per heavy atom. The summed E-state index contributed by atoms with van der Waals surface area (Å²) in [6.45, 7) is 3.23. The molecule has 0 aromatic rings. The Bertz CT molecular complexity index is 426. The Morgan fingerprint density at radius 2 is 2.10 bits per heavy atom. The van der Waals surface area contributed by atoms with Crippen molar-refractivity contribution in [3.05, 3.63) is 0 Å². The molecule has 2 fully saturated rings. The largest absolute Gasteiger partial charge is 0.480 e. The molecule has 2 aliphatic heterocycles. The van der Waals surface area contributed by atoms with Gasteiger partial charge in [0.15, 0.2) is 0 Å². The second-order valence-corrected chi connectivity index (χ2v) is 5.76. The summed E-state index contributed by atoms with van der Waals surface area (Å²) < 4.78 is 0. The van der Waals surface area contributed by atoms with E-state index in [2.05, 4.69) is 12.2 Å². The number of carboxylic acid groups (broad SMARTS) is 1. The lowest BCUT2D eigenvalue weighted by Crippen LogP contribution is -2.61. The first-order valence-corrected chi connectivity index (χ1v) is 7.58. The number of hydrogen-bond donors (Lipinski definition) is 2. The summed E-state index contributed by atoms with van der Waals surface area (Å²) >= 11 is 0. The van der Waals surface area contributed by atoms with Crippen molar-refractivity contribution in [3.63, 3.8) is 0 Å². The van der Waals surface area contributed by atoms with E-state index >= 15 is 0 Å². The predicted octanol–water partition coefficient (Wildman–Crippen LogP) is 0.504. The van der Waals surface area contributed by atoms with Crippen LogP contribution in [0.2, 0.25) is 0 Å². The van der Waals surface area contributed by atoms with E-state index in [1.54, 1.807) is 4.90 Å². The highest BCUT2D eigenvalue weighted by Gasteiger charge is 2.37. The Hall–Kier alpha value is -1.79. The molecule has 2 rings (SSSR count). The standard InChI is InChI=1S/C14H23N3O4/c1-2-10-4-3-6-16(7-5-10)14(21)17-9-12(18)15-8-11(17)13(19)20/h10-11H,2-9H2,1H3,(H,15,18)(H,19,20). The minimum atomic E-state index is -1.08. The van der Waals surface area contributed by atoms with Gasteiger partial charge in [0.05, 0.1) is 0 Å². The van der Waals surface area contributed by atoms with Crippen LogP contribution in [0.25, 0.3) is 0 Å². The third-order valence-corrected chi connectivity index (χ3v) is 4.41. The number of likely N-dealkylation sites (tertiary alicyclic amines) is 1. The number of carbonyl (C=O) groups excluding carboxylic acids is 2. The number of hydrogen-bond acceptors (Lipinski definition) is 3. The maximum absolute atomic E-state index is 12.6. The van der Waals surface area contributed by atoms with E-state index in [1.165, 1.54) is 4.90 Å². The topological polar surface area (TPSA) is 90.0 Å². The number of carbonyl (C=O) groups is 3. The van der Waals surface area contributed by atoms with E-state index in [1.807, 2.05) is 0 Å². The van der Waals surface area contributed by atoms with Crippen LogP contribution in [0.5, 0.6) is 0 Å². The summed E-state index contributed by atoms with van der Waals surface area (Å²) in [7, 11) is 0. The van der Waals surface area contributed by atoms with Crippen molar-refractivity contribution in [2.45, 2.75) is 38.6 Å². The lowest BCUT2D eigenvalue weighted by atomic mass is 9.98. The molecule has 2 aliphatic rings. The van der Waals surface area contributed by atoms with Crippen molar-refractivity contribution in [3.8, 4) is 0 Å². The first-order valence-electron chi connectivity index (χ1n) is 7.58. The fraction of sp³-hybridized carbons (Fsp3) is 0.786. The maximum atomic E-state index is 12.6. The summed E-state index contributed by atoms with van der Waals surface area (Å²) in [5.74, 6) is -0.755. The fourth-order valence-corrected chi connectivity index (χ4v) is 3.01. The van der Waals surface area contributed by atoms with Crippen LogP contribution < -0.4 is 5.32 Å². The summed E-state index contributed by atoms with van der Waals surface area (Å²) in [6.07, 6.45) is 4.08. The Kier molecular flexibility index (Phi) is 5.03. The predicted molar refractivity (Wildman–Crippen MR) is 75.7 cm³/mol. The van der Waals surface area contributed by atoms with Gasteiger partial charge in [-0.25, -0.2) is 9.59 Å². The number of urea groups is 1. The molecule has 2 saturated heterocycles. The molecule has 2 unspecified atom stereocenters. The summed E-state index contributed by atoms with van der Waals surface area (Å²) in [6, 6.07) is -1.30. The molecule has 0 aromatic carbocycles. The van der Waals surface area contributed by atoms with Gasteiger partial charge in [0.2, 0.25) is 5.91 Å². The molecule has 0 spiro atoms. The van der Waals surface area contributed by atoms with Crippen LogP contribution in [0.1, 0.15) is 32.6 Å². The third kappa shape index (κ3) is 3.65. The van der Waals surface area contributed by atoms with Crippen LogP contribution in [-0.4, -0.2) is 65.0 Å². The summed E-state index contributed by atoms with van der Waals surface area (Å²) in [5.41, 5.74) is 0. The molecule has 118 valence electrons. The van der Waals surface area contributed by atoms with Crippen molar-refractivity contribution in [1.29, 1.82) is 0 Å². The lowest BCUT2D eigenvalue weighted by Gasteiger charge is -2.36. The molecule has 7 heteroatoms. The lowest BCUT2D eigenvalue weighted by molar-refractivity contribution is -0.144. The van der Waals surface area contributed by atoms with Crippen molar-refractivity contribution < 1.29 is 19.5 Å². The Morgan fingerprint density at radius 1 is 1.33 bits per heavy atom. The van der Waals surface area contributed by atoms with E-state index < -0.39 is 12.0 Å². The zero-order valence-corrected chi connectivity index (χ0v) is 12.4. The van der Waals surface area contributed by atoms with Crippen LogP contribution in [0.4, 0.5) is 4.79 Å². The molecule has 0 saturated carbocycles. The van der Waals surface area contributed by atoms with Crippen molar-refractivity contribution >= 4 is 17.9 Å². The molecule has 0 bridgehead atoms. The average molecular weight is 297 g/mol. The summed E-state index contributed by atoms with van der Waals surface area (Å²) in [4.78, 5) is 38.2. The number of nitrogens with zero attached hydrogens (tertiary/aromatic N) is 2. The highest BCUT2D eigenvalue weighted by molar-refractivity contribution is 5.90. The molecule has 0 aromatic heterocycles. The molecule has 7 nitrogen and oxygen atoms in total. The zero-order chi connectivity index (χ0) is 15.4. The van der Waals surface area contributed by atoms with Crippen molar-refractivity contribution in [1.82, 2.24) is 15.1 Å². The van der Waals surface area contributed by atoms with Gasteiger partial charge in [-0.05, 0) is 25.2 Å². The van der Waals surface area contributed by atoms with Gasteiger partial charge in [-0.2, -0.15) is 0 Å². The normalized spacial score (nSPS) is 27.0. The van der Waals surface area contributed by atoms with E-state index in [9.17, 15) is 19.5 Å². The van der Waals surface area contributed by atoms with Gasteiger partial charge >= 0.3 is 12.0 Å². The molecular formula is C14H23N3O4. The van der Waals surface area contributed by atoms with Gasteiger partial charge in [-0.15, -0.1) is 0 Å². The van der Waals surface area contributed by atoms with Gasteiger partial charge in [-0.1, -0.05) is 13.3 Å². The van der Waals surface area contributed by atoms with Crippen molar-refractivity contribution in [2.24, 2.45) is 5.92 Å². The van der Waals surface area contributed by atoms with Crippen LogP contribution in [0, 0.1) is 5.92 Å². The Labute approximate surface area is 124 Å². The number of aliphatic carboxylic acids is 1. The summed E-state index contributed by atoms with van der Waals surface area (Å²) in [5, 5.41) is 11.7. The van der Waals surface area contributed by atoms with Gasteiger partial charge in [0.25, 0.3) is 0 Å². The molecule has 2 heterocycles. The number of nitrogens with one attached hydrogen (secondary N) is 1. The van der Waals surface area contributed by atoms with E-state index in [-0.39, 0.29) is 25.0 Å². The van der Waals surface area contributed by atoms with Crippen LogP contribution in [0.3, 0.4) is 0 Å². The molecule has 0 radical (unpaired) electrons. The molecule has 3 amide bonds. The van der Waals surface area contributed by atoms with Gasteiger partial charge in [-0.3, -0.25) is 9.69 Å². The van der Waals surface area contributed by atoms with Crippen LogP contribution >= 0.6 is 0 Å². The van der Waals surface area contributed by atoms with Crippen LogP contribution in [0.15, 0.2) is 0 Å². The minimum Gasteiger partial charge on any atom is -0.480 e. The number of amides is 3. The SMILES string of the molecule is CCC1CCCN(C(=O)N2CC(=O)NCC2C(=O)O)CC1. The zero-order valence-electron chi connectivity index (χ0n) is 12.4. The molecule has 21 heavy (non-hydrogen) atoms. The van der Waals surface area contributed by atoms with Crippen LogP contribution in [-0.2, 0) is 9.59 Å². The van der Waals surface area contributed by atoms with E-state index in [0.29, 0.717) is 19.0 Å². The monoisotopic (exact) mass is 297 g/mol. The molecule has 0 aliphatic carbocycles. The minimum absolute atomic E-state index is 0.0225. The van der Waals surface area contributed by atoms with E-state index in [0.717, 1.165) is 25.7 Å². The quantitative estimate of drug-likeness (QED) is 0.777. The average Bonchev–Trinajstić information content (AvgIpc) is 2.71. The molecule has 2 atom stereocenters. The fourth-order valence-electron chi connectivity index (χ4n) is 3.01. The first-order chi connectivity index (χ1) is 10.0. The smallest absolute Gasteiger partial charge is 0.328 e. The number of rotatable bonds is 2. The second kappa shape index (κ2) is 6.78. The Balaban J connectivity index is 2.05. The number of piperazine rings is 1. The first kappa shape index (κ1) is 15.6. The second-order valence-electron chi connectivity index (χ2n) is 5.76. The van der Waals surface area contributed by atoms with E-state index in [4.69, 9.17) is 0 Å². The molecule has 2 N–H and O–H groups in total. The maximum Gasteiger partial charge on any atom is 0.328 e. The molecular weight excluding hydrogens is 274 g/mol. The van der Waals surface area contributed by atoms with Gasteiger partial charge in [0.1, 0.15) is 12.6 Å². The van der Waals surface area contributed by atoms with Gasteiger partial charge in [0, 0.05) is 19.6 Å². The van der Waals surface area contributed by atoms with Gasteiger partial charge < -0.3 is 15.3 Å². The number of carboxylic acids is 1. The third-order valence-electron chi connectivity index (χ3n) is 4.41. The van der Waals surface area contributed by atoms with Crippen molar-refractivity contribution in [2.75, 3.05) is 26.2 Å². The highest BCUT2D eigenvalue weighted by Crippen LogP contribution is 2.21.